The molecule has 1 amide bonds. The highest BCUT2D eigenvalue weighted by Crippen LogP contribution is 2.28. The van der Waals surface area contributed by atoms with Gasteiger partial charge in [0.05, 0.1) is 7.11 Å². The van der Waals surface area contributed by atoms with Crippen LogP contribution in [0.3, 0.4) is 0 Å². The van der Waals surface area contributed by atoms with Crippen LogP contribution in [0.5, 0.6) is 5.75 Å². The Kier molecular flexibility index (Phi) is 3.51. The molecular weight excluding hydrogens is 268 g/mol. The summed E-state index contributed by atoms with van der Waals surface area (Å²) in [4.78, 5) is 13.6. The molecule has 0 spiro atoms. The van der Waals surface area contributed by atoms with Gasteiger partial charge in [-0.1, -0.05) is 0 Å². The van der Waals surface area contributed by atoms with Crippen molar-refractivity contribution >= 4 is 15.9 Å². The van der Waals surface area contributed by atoms with E-state index in [1.807, 2.05) is 0 Å². The highest BCUT2D eigenvalue weighted by Gasteiger charge is 2.30. The van der Waals surface area contributed by atoms with Crippen LogP contribution in [0.4, 0.5) is 0 Å². The van der Waals surface area contributed by atoms with Crippen molar-refractivity contribution in [3.05, 3.63) is 23.8 Å². The molecule has 1 aromatic rings. The fourth-order valence-corrected chi connectivity index (χ4v) is 2.59. The predicted molar refractivity (Wildman–Crippen MR) is 69.5 cm³/mol. The van der Waals surface area contributed by atoms with Crippen molar-refractivity contribution in [1.29, 1.82) is 0 Å². The summed E-state index contributed by atoms with van der Waals surface area (Å²) in [6.45, 7) is 0. The van der Waals surface area contributed by atoms with Gasteiger partial charge < -0.3 is 9.64 Å². The van der Waals surface area contributed by atoms with E-state index in [9.17, 15) is 13.2 Å². The minimum absolute atomic E-state index is 0.133. The van der Waals surface area contributed by atoms with Crippen LogP contribution in [0.25, 0.3) is 0 Å². The smallest absolute Gasteiger partial charge is 0.253 e. The number of hydrogen-bond donors (Lipinski definition) is 1. The molecule has 19 heavy (non-hydrogen) atoms. The largest absolute Gasteiger partial charge is 0.495 e. The second-order valence-corrected chi connectivity index (χ2v) is 6.09. The van der Waals surface area contributed by atoms with Crippen LogP contribution >= 0.6 is 0 Å². The zero-order valence-corrected chi connectivity index (χ0v) is 11.6. The summed E-state index contributed by atoms with van der Waals surface area (Å²) in [7, 11) is -0.869. The topological polar surface area (TPSA) is 89.7 Å². The maximum Gasteiger partial charge on any atom is 0.253 e. The molecule has 1 saturated carbocycles. The van der Waals surface area contributed by atoms with Crippen molar-refractivity contribution in [1.82, 2.24) is 4.90 Å². The second kappa shape index (κ2) is 4.82. The molecule has 2 N–H and O–H groups in total. The van der Waals surface area contributed by atoms with Crippen molar-refractivity contribution in [3.63, 3.8) is 0 Å². The van der Waals surface area contributed by atoms with Gasteiger partial charge in [0.15, 0.2) is 0 Å². The molecule has 0 heterocycles. The van der Waals surface area contributed by atoms with E-state index >= 15 is 0 Å². The highest BCUT2D eigenvalue weighted by molar-refractivity contribution is 7.89. The van der Waals surface area contributed by atoms with Crippen LogP contribution in [0.1, 0.15) is 23.2 Å². The Balaban J connectivity index is 2.40. The Morgan fingerprint density at radius 2 is 2.05 bits per heavy atom. The lowest BCUT2D eigenvalue weighted by molar-refractivity contribution is 0.0785. The standard InChI is InChI=1S/C12H16N2O4S/c1-14(9-4-5-9)12(15)8-3-6-10(18-2)11(7-8)19(13,16)17/h3,6-7,9H,4-5H2,1-2H3,(H2,13,16,17). The molecule has 0 unspecified atom stereocenters. The third kappa shape index (κ3) is 2.87. The molecule has 1 fully saturated rings. The Labute approximate surface area is 112 Å². The molecule has 0 radical (unpaired) electrons. The summed E-state index contributed by atoms with van der Waals surface area (Å²) >= 11 is 0. The predicted octanol–water partition coefficient (Wildman–Crippen LogP) is 0.577. The van der Waals surface area contributed by atoms with E-state index in [1.54, 1.807) is 11.9 Å². The molecule has 0 aliphatic heterocycles. The molecule has 0 aromatic heterocycles. The Morgan fingerprint density at radius 3 is 2.53 bits per heavy atom. The number of nitrogens with two attached hydrogens (primary N) is 1. The zero-order valence-electron chi connectivity index (χ0n) is 10.8. The number of carbonyl (C=O) groups is 1. The van der Waals surface area contributed by atoms with Crippen LogP contribution in [0, 0.1) is 0 Å². The first-order valence-electron chi connectivity index (χ1n) is 5.82. The molecule has 0 saturated heterocycles. The Morgan fingerprint density at radius 1 is 1.42 bits per heavy atom. The number of rotatable bonds is 4. The van der Waals surface area contributed by atoms with Crippen molar-refractivity contribution in [3.8, 4) is 5.75 Å². The van der Waals surface area contributed by atoms with Gasteiger partial charge in [-0.05, 0) is 31.0 Å². The second-order valence-electron chi connectivity index (χ2n) is 4.56. The average molecular weight is 284 g/mol. The summed E-state index contributed by atoms with van der Waals surface area (Å²) < 4.78 is 27.9. The van der Waals surface area contributed by atoms with Crippen LogP contribution in [0.15, 0.2) is 23.1 Å². The van der Waals surface area contributed by atoms with Gasteiger partial charge in [-0.15, -0.1) is 0 Å². The van der Waals surface area contributed by atoms with Crippen molar-refractivity contribution in [2.75, 3.05) is 14.2 Å². The lowest BCUT2D eigenvalue weighted by Crippen LogP contribution is -2.29. The Hall–Kier alpha value is -1.60. The number of amides is 1. The van der Waals surface area contributed by atoms with E-state index < -0.39 is 10.0 Å². The number of carbonyl (C=O) groups excluding carboxylic acids is 1. The minimum atomic E-state index is -3.93. The molecule has 6 nitrogen and oxygen atoms in total. The summed E-state index contributed by atoms with van der Waals surface area (Å²) in [5.74, 6) is -0.0804. The van der Waals surface area contributed by atoms with E-state index in [0.29, 0.717) is 5.56 Å². The molecule has 7 heteroatoms. The van der Waals surface area contributed by atoms with E-state index in [4.69, 9.17) is 9.88 Å². The van der Waals surface area contributed by atoms with Crippen molar-refractivity contribution in [2.45, 2.75) is 23.8 Å². The van der Waals surface area contributed by atoms with Crippen LogP contribution in [-0.2, 0) is 10.0 Å². The summed E-state index contributed by atoms with van der Waals surface area (Å²) in [6, 6.07) is 4.49. The van der Waals surface area contributed by atoms with E-state index in [0.717, 1.165) is 12.8 Å². The summed E-state index contributed by atoms with van der Waals surface area (Å²) in [6.07, 6.45) is 1.97. The van der Waals surface area contributed by atoms with Crippen molar-refractivity contribution < 1.29 is 17.9 Å². The fraction of sp³-hybridized carbons (Fsp3) is 0.417. The number of benzene rings is 1. The Bertz CT molecular complexity index is 608. The number of nitrogens with zero attached hydrogens (tertiary/aromatic N) is 1. The third-order valence-corrected chi connectivity index (χ3v) is 4.06. The SMILES string of the molecule is COc1ccc(C(=O)N(C)C2CC2)cc1S(N)(=O)=O. The van der Waals surface area contributed by atoms with Gasteiger partial charge in [0, 0.05) is 18.7 Å². The van der Waals surface area contributed by atoms with Gasteiger partial charge in [-0.2, -0.15) is 0 Å². The maximum atomic E-state index is 12.2. The number of methoxy groups -OCH3 is 1. The average Bonchev–Trinajstić information content (AvgIpc) is 3.19. The molecule has 2 rings (SSSR count). The van der Waals surface area contributed by atoms with Gasteiger partial charge >= 0.3 is 0 Å². The van der Waals surface area contributed by atoms with E-state index in [-0.39, 0.29) is 22.6 Å². The molecule has 1 aliphatic carbocycles. The first kappa shape index (κ1) is 13.8. The summed E-state index contributed by atoms with van der Waals surface area (Å²) in [5, 5.41) is 5.12. The quantitative estimate of drug-likeness (QED) is 0.875. The van der Waals surface area contributed by atoms with Gasteiger partial charge in [-0.25, -0.2) is 13.6 Å². The van der Waals surface area contributed by atoms with Gasteiger partial charge in [0.2, 0.25) is 10.0 Å². The first-order valence-corrected chi connectivity index (χ1v) is 7.37. The molecule has 1 aliphatic rings. The molecule has 0 atom stereocenters. The number of primary sulfonamides is 1. The lowest BCUT2D eigenvalue weighted by atomic mass is 10.2. The number of ether oxygens (including phenoxy) is 1. The highest BCUT2D eigenvalue weighted by atomic mass is 32.2. The van der Waals surface area contributed by atoms with E-state index in [2.05, 4.69) is 0 Å². The zero-order chi connectivity index (χ0) is 14.2. The maximum absolute atomic E-state index is 12.2. The van der Waals surface area contributed by atoms with Crippen LogP contribution < -0.4 is 9.88 Å². The molecular formula is C12H16N2O4S. The molecule has 104 valence electrons. The van der Waals surface area contributed by atoms with Gasteiger partial charge in [-0.3, -0.25) is 4.79 Å². The molecule has 1 aromatic carbocycles. The van der Waals surface area contributed by atoms with Gasteiger partial charge in [0.25, 0.3) is 5.91 Å². The molecule has 0 bridgehead atoms. The fourth-order valence-electron chi connectivity index (χ4n) is 1.86. The van der Waals surface area contributed by atoms with Crippen LogP contribution in [-0.4, -0.2) is 39.4 Å². The number of hydrogen-bond acceptors (Lipinski definition) is 4. The lowest BCUT2D eigenvalue weighted by Gasteiger charge is -2.17. The normalized spacial score (nSPS) is 15.1. The minimum Gasteiger partial charge on any atom is -0.495 e. The van der Waals surface area contributed by atoms with Crippen molar-refractivity contribution in [2.24, 2.45) is 5.14 Å². The third-order valence-electron chi connectivity index (χ3n) is 3.13. The van der Waals surface area contributed by atoms with Crippen LogP contribution in [0.2, 0.25) is 0 Å². The van der Waals surface area contributed by atoms with Gasteiger partial charge in [0.1, 0.15) is 10.6 Å². The summed E-state index contributed by atoms with van der Waals surface area (Å²) in [5.41, 5.74) is 0.291. The first-order chi connectivity index (χ1) is 8.84. The van der Waals surface area contributed by atoms with E-state index in [1.165, 1.54) is 25.3 Å². The number of sulfonamides is 1. The monoisotopic (exact) mass is 284 g/mol.